The number of anilines is 3. The summed E-state index contributed by atoms with van der Waals surface area (Å²) in [5, 5.41) is 7.22. The van der Waals surface area contributed by atoms with Crippen LogP contribution in [0, 0.1) is 6.92 Å². The first-order valence-electron chi connectivity index (χ1n) is 10.8. The fourth-order valence-corrected chi connectivity index (χ4v) is 4.76. The van der Waals surface area contributed by atoms with Gasteiger partial charge in [0.15, 0.2) is 5.11 Å². The smallest absolute Gasteiger partial charge is 0.227 e. The highest BCUT2D eigenvalue weighted by atomic mass is 32.1. The highest BCUT2D eigenvalue weighted by molar-refractivity contribution is 7.80. The molecule has 0 aliphatic carbocycles. The fourth-order valence-electron chi connectivity index (χ4n) is 4.54. The number of carbonyl (C=O) groups excluding carboxylic acids is 1. The average Bonchev–Trinajstić information content (AvgIpc) is 3.28. The Balaban J connectivity index is 1.24. The van der Waals surface area contributed by atoms with E-state index in [1.165, 1.54) is 11.3 Å². The van der Waals surface area contributed by atoms with E-state index < -0.39 is 0 Å². The van der Waals surface area contributed by atoms with Crippen molar-refractivity contribution in [1.29, 1.82) is 0 Å². The lowest BCUT2D eigenvalue weighted by atomic mass is 10.1. The van der Waals surface area contributed by atoms with E-state index in [0.29, 0.717) is 17.6 Å². The Labute approximate surface area is 184 Å². The Bertz CT molecular complexity index is 945. The van der Waals surface area contributed by atoms with E-state index in [9.17, 15) is 4.79 Å². The molecule has 0 spiro atoms. The number of fused-ring (bicyclic) bond motifs is 1. The van der Waals surface area contributed by atoms with Crippen LogP contribution in [-0.2, 0) is 11.2 Å². The van der Waals surface area contributed by atoms with Crippen LogP contribution in [0.25, 0.3) is 0 Å². The van der Waals surface area contributed by atoms with Crippen molar-refractivity contribution in [1.82, 2.24) is 5.32 Å². The van der Waals surface area contributed by atoms with Crippen LogP contribution in [0.4, 0.5) is 17.1 Å². The molecule has 2 aromatic rings. The quantitative estimate of drug-likeness (QED) is 0.538. The third-order valence-corrected chi connectivity index (χ3v) is 6.28. The summed E-state index contributed by atoms with van der Waals surface area (Å²) < 4.78 is 0. The molecule has 5 nitrogen and oxygen atoms in total. The lowest BCUT2D eigenvalue weighted by Gasteiger charge is -2.25. The zero-order chi connectivity index (χ0) is 21.1. The molecule has 1 unspecified atom stereocenters. The van der Waals surface area contributed by atoms with Gasteiger partial charge in [-0.3, -0.25) is 4.79 Å². The summed E-state index contributed by atoms with van der Waals surface area (Å²) in [4.78, 5) is 16.4. The van der Waals surface area contributed by atoms with Crippen LogP contribution in [0.1, 0.15) is 37.3 Å². The summed E-state index contributed by atoms with van der Waals surface area (Å²) >= 11 is 5.47. The highest BCUT2D eigenvalue weighted by Crippen LogP contribution is 2.31. The molecule has 2 aliphatic rings. The molecule has 2 aromatic carbocycles. The minimum atomic E-state index is 0.214. The SMILES string of the molecule is Cc1cc(NC(=S)NCCCN2c3ccccc3CC2C)ccc1N1CCCC1=O. The van der Waals surface area contributed by atoms with Gasteiger partial charge in [-0.05, 0) is 80.7 Å². The van der Waals surface area contributed by atoms with Gasteiger partial charge >= 0.3 is 0 Å². The number of aryl methyl sites for hydroxylation is 1. The normalized spacial score (nSPS) is 17.9. The van der Waals surface area contributed by atoms with Gasteiger partial charge in [-0.2, -0.15) is 0 Å². The molecule has 0 aromatic heterocycles. The van der Waals surface area contributed by atoms with Crippen molar-refractivity contribution in [3.63, 3.8) is 0 Å². The van der Waals surface area contributed by atoms with Crippen molar-refractivity contribution in [2.45, 2.75) is 45.6 Å². The first-order chi connectivity index (χ1) is 14.5. The second-order valence-corrected chi connectivity index (χ2v) is 8.67. The number of thiocarbonyl (C=S) groups is 1. The van der Waals surface area contributed by atoms with Crippen molar-refractivity contribution < 1.29 is 4.79 Å². The molecule has 158 valence electrons. The Morgan fingerprint density at radius 2 is 2.03 bits per heavy atom. The van der Waals surface area contributed by atoms with E-state index in [1.54, 1.807) is 0 Å². The molecule has 1 fully saturated rings. The van der Waals surface area contributed by atoms with Gasteiger partial charge < -0.3 is 20.4 Å². The maximum absolute atomic E-state index is 12.0. The van der Waals surface area contributed by atoms with Gasteiger partial charge in [0.05, 0.1) is 0 Å². The first kappa shape index (κ1) is 20.7. The molecule has 30 heavy (non-hydrogen) atoms. The molecule has 0 bridgehead atoms. The lowest BCUT2D eigenvalue weighted by Crippen LogP contribution is -2.34. The van der Waals surface area contributed by atoms with Crippen LogP contribution in [0.3, 0.4) is 0 Å². The molecule has 0 radical (unpaired) electrons. The van der Waals surface area contributed by atoms with Crippen LogP contribution < -0.4 is 20.4 Å². The predicted molar refractivity (Wildman–Crippen MR) is 129 cm³/mol. The summed E-state index contributed by atoms with van der Waals surface area (Å²) in [6, 6.07) is 15.3. The highest BCUT2D eigenvalue weighted by Gasteiger charge is 2.25. The summed E-state index contributed by atoms with van der Waals surface area (Å²) in [5.41, 5.74) is 5.85. The number of para-hydroxylation sites is 1. The van der Waals surface area contributed by atoms with Crippen LogP contribution in [0.2, 0.25) is 0 Å². The zero-order valence-corrected chi connectivity index (χ0v) is 18.6. The van der Waals surface area contributed by atoms with E-state index in [0.717, 1.165) is 55.8 Å². The molecule has 1 atom stereocenters. The van der Waals surface area contributed by atoms with Crippen LogP contribution in [0.15, 0.2) is 42.5 Å². The van der Waals surface area contributed by atoms with Gasteiger partial charge in [0, 0.05) is 49.2 Å². The number of carbonyl (C=O) groups is 1. The second kappa shape index (κ2) is 9.04. The molecule has 2 heterocycles. The van der Waals surface area contributed by atoms with Crippen molar-refractivity contribution in [2.75, 3.05) is 34.8 Å². The van der Waals surface area contributed by atoms with Crippen molar-refractivity contribution >= 4 is 40.3 Å². The van der Waals surface area contributed by atoms with Gasteiger partial charge in [-0.25, -0.2) is 0 Å². The molecule has 1 saturated heterocycles. The summed E-state index contributed by atoms with van der Waals surface area (Å²) in [6.45, 7) is 6.99. The fraction of sp³-hybridized carbons (Fsp3) is 0.417. The predicted octanol–water partition coefficient (Wildman–Crippen LogP) is 4.25. The van der Waals surface area contributed by atoms with E-state index >= 15 is 0 Å². The Kier molecular flexibility index (Phi) is 6.23. The minimum absolute atomic E-state index is 0.214. The number of nitrogens with zero attached hydrogens (tertiary/aromatic N) is 2. The number of hydrogen-bond donors (Lipinski definition) is 2. The van der Waals surface area contributed by atoms with E-state index in [4.69, 9.17) is 12.2 Å². The molecule has 2 aliphatic heterocycles. The average molecular weight is 423 g/mol. The molecular weight excluding hydrogens is 392 g/mol. The van der Waals surface area contributed by atoms with Crippen LogP contribution >= 0.6 is 12.2 Å². The molecule has 1 amide bonds. The third kappa shape index (κ3) is 4.43. The monoisotopic (exact) mass is 422 g/mol. The van der Waals surface area contributed by atoms with Crippen LogP contribution in [0.5, 0.6) is 0 Å². The largest absolute Gasteiger partial charge is 0.368 e. The Hall–Kier alpha value is -2.60. The minimum Gasteiger partial charge on any atom is -0.368 e. The Morgan fingerprint density at radius 3 is 2.80 bits per heavy atom. The van der Waals surface area contributed by atoms with Gasteiger partial charge in [-0.15, -0.1) is 0 Å². The standard InChI is InChI=1S/C24H30N4OS/c1-17-15-20(10-11-21(17)28-13-5-9-23(28)29)26-24(30)25-12-6-14-27-18(2)16-19-7-3-4-8-22(19)27/h3-4,7-8,10-11,15,18H,5-6,9,12-14,16H2,1-2H3,(H2,25,26,30). The van der Waals surface area contributed by atoms with E-state index in [-0.39, 0.29) is 5.91 Å². The summed E-state index contributed by atoms with van der Waals surface area (Å²) in [7, 11) is 0. The molecular formula is C24H30N4OS. The topological polar surface area (TPSA) is 47.6 Å². The zero-order valence-electron chi connectivity index (χ0n) is 17.8. The number of nitrogens with one attached hydrogen (secondary N) is 2. The molecule has 6 heteroatoms. The molecule has 2 N–H and O–H groups in total. The molecule has 0 saturated carbocycles. The first-order valence-corrected chi connectivity index (χ1v) is 11.2. The number of rotatable bonds is 6. The maximum Gasteiger partial charge on any atom is 0.227 e. The maximum atomic E-state index is 12.0. The van der Waals surface area contributed by atoms with Gasteiger partial charge in [0.1, 0.15) is 0 Å². The van der Waals surface area contributed by atoms with Gasteiger partial charge in [0.25, 0.3) is 0 Å². The van der Waals surface area contributed by atoms with E-state index in [2.05, 4.69) is 52.8 Å². The Morgan fingerprint density at radius 1 is 1.20 bits per heavy atom. The summed E-state index contributed by atoms with van der Waals surface area (Å²) in [5.74, 6) is 0.214. The van der Waals surface area contributed by atoms with Crippen molar-refractivity contribution in [3.05, 3.63) is 53.6 Å². The third-order valence-electron chi connectivity index (χ3n) is 6.03. The lowest BCUT2D eigenvalue weighted by molar-refractivity contribution is -0.117. The van der Waals surface area contributed by atoms with Crippen molar-refractivity contribution in [3.8, 4) is 0 Å². The van der Waals surface area contributed by atoms with Crippen molar-refractivity contribution in [2.24, 2.45) is 0 Å². The van der Waals surface area contributed by atoms with Crippen LogP contribution in [-0.4, -0.2) is 36.7 Å². The number of hydrogen-bond acceptors (Lipinski definition) is 3. The van der Waals surface area contributed by atoms with Gasteiger partial charge in [0.2, 0.25) is 5.91 Å². The van der Waals surface area contributed by atoms with Gasteiger partial charge in [-0.1, -0.05) is 18.2 Å². The second-order valence-electron chi connectivity index (χ2n) is 8.26. The molecule has 4 rings (SSSR count). The number of amides is 1. The van der Waals surface area contributed by atoms with E-state index in [1.807, 2.05) is 24.0 Å². The summed E-state index contributed by atoms with van der Waals surface area (Å²) in [6.07, 6.45) is 3.74. The number of benzene rings is 2.